The van der Waals surface area contributed by atoms with Crippen LogP contribution in [0, 0.1) is 5.92 Å². The molecule has 1 aromatic rings. The van der Waals surface area contributed by atoms with Crippen molar-refractivity contribution in [3.63, 3.8) is 0 Å². The van der Waals surface area contributed by atoms with Gasteiger partial charge in [-0.25, -0.2) is 4.39 Å². The maximum absolute atomic E-state index is 13.5. The number of ether oxygens (including phenoxy) is 1. The Morgan fingerprint density at radius 3 is 2.80 bits per heavy atom. The monoisotopic (exact) mass is 208 g/mol. The number of halogens is 1. The molecule has 0 N–H and O–H groups in total. The standard InChI is InChI=1S/C13H17FO/c1-15-13-8-3-2-5-11(13)9-10-6-4-7-12(10)14/h2-3,5,8,10,12H,4,6-7,9H2,1H3/t10-,12-/m0/s1. The van der Waals surface area contributed by atoms with Crippen LogP contribution in [0.5, 0.6) is 5.75 Å². The van der Waals surface area contributed by atoms with Gasteiger partial charge in [-0.1, -0.05) is 24.6 Å². The Bertz CT molecular complexity index is 324. The highest BCUT2D eigenvalue weighted by Crippen LogP contribution is 2.33. The number of hydrogen-bond acceptors (Lipinski definition) is 1. The first-order valence-corrected chi connectivity index (χ1v) is 5.57. The Balaban J connectivity index is 2.09. The molecule has 0 unspecified atom stereocenters. The van der Waals surface area contributed by atoms with Crippen LogP contribution in [0.1, 0.15) is 24.8 Å². The summed E-state index contributed by atoms with van der Waals surface area (Å²) in [5.41, 5.74) is 1.13. The van der Waals surface area contributed by atoms with E-state index >= 15 is 0 Å². The summed E-state index contributed by atoms with van der Waals surface area (Å²) >= 11 is 0. The molecular formula is C13H17FO. The lowest BCUT2D eigenvalue weighted by Crippen LogP contribution is -2.11. The molecule has 0 heterocycles. The molecule has 1 saturated carbocycles. The summed E-state index contributed by atoms with van der Waals surface area (Å²) in [6.45, 7) is 0. The molecule has 2 atom stereocenters. The van der Waals surface area contributed by atoms with E-state index in [9.17, 15) is 4.39 Å². The Labute approximate surface area is 90.3 Å². The van der Waals surface area contributed by atoms with E-state index in [1.54, 1.807) is 7.11 Å². The van der Waals surface area contributed by atoms with Gasteiger partial charge in [0, 0.05) is 0 Å². The fourth-order valence-corrected chi connectivity index (χ4v) is 2.38. The lowest BCUT2D eigenvalue weighted by molar-refractivity contribution is 0.260. The molecule has 0 saturated heterocycles. The Morgan fingerprint density at radius 2 is 2.13 bits per heavy atom. The van der Waals surface area contributed by atoms with Crippen molar-refractivity contribution in [2.75, 3.05) is 7.11 Å². The topological polar surface area (TPSA) is 9.23 Å². The van der Waals surface area contributed by atoms with Gasteiger partial charge in [0.15, 0.2) is 0 Å². The van der Waals surface area contributed by atoms with Gasteiger partial charge in [0.25, 0.3) is 0 Å². The molecule has 2 heteroatoms. The average molecular weight is 208 g/mol. The zero-order chi connectivity index (χ0) is 10.7. The summed E-state index contributed by atoms with van der Waals surface area (Å²) in [5, 5.41) is 0. The molecule has 0 aliphatic heterocycles. The molecule has 15 heavy (non-hydrogen) atoms. The molecule has 2 rings (SSSR count). The van der Waals surface area contributed by atoms with Crippen LogP contribution in [-0.2, 0) is 6.42 Å². The molecule has 1 aromatic carbocycles. The fraction of sp³-hybridized carbons (Fsp3) is 0.538. The first-order chi connectivity index (χ1) is 7.31. The normalized spacial score (nSPS) is 25.5. The number of alkyl halides is 1. The zero-order valence-corrected chi connectivity index (χ0v) is 9.08. The second-order valence-electron chi connectivity index (χ2n) is 4.22. The quantitative estimate of drug-likeness (QED) is 0.740. The second kappa shape index (κ2) is 4.65. The Kier molecular flexibility index (Phi) is 3.24. The van der Waals surface area contributed by atoms with Gasteiger partial charge in [-0.05, 0) is 36.8 Å². The third kappa shape index (κ3) is 2.31. The van der Waals surface area contributed by atoms with Crippen molar-refractivity contribution in [3.05, 3.63) is 29.8 Å². The van der Waals surface area contributed by atoms with Crippen LogP contribution in [0.15, 0.2) is 24.3 Å². The van der Waals surface area contributed by atoms with E-state index in [1.165, 1.54) is 0 Å². The zero-order valence-electron chi connectivity index (χ0n) is 9.08. The molecule has 82 valence electrons. The highest BCUT2D eigenvalue weighted by molar-refractivity contribution is 5.33. The van der Waals surface area contributed by atoms with E-state index in [0.29, 0.717) is 0 Å². The first kappa shape index (κ1) is 10.5. The number of benzene rings is 1. The number of methoxy groups -OCH3 is 1. The average Bonchev–Trinajstić information content (AvgIpc) is 2.65. The minimum absolute atomic E-state index is 0.196. The molecule has 1 nitrogen and oxygen atoms in total. The van der Waals surface area contributed by atoms with Crippen molar-refractivity contribution in [1.82, 2.24) is 0 Å². The molecule has 1 fully saturated rings. The van der Waals surface area contributed by atoms with Crippen molar-refractivity contribution in [1.29, 1.82) is 0 Å². The van der Waals surface area contributed by atoms with Crippen molar-refractivity contribution in [2.24, 2.45) is 5.92 Å². The van der Waals surface area contributed by atoms with Crippen molar-refractivity contribution < 1.29 is 9.13 Å². The summed E-state index contributed by atoms with van der Waals surface area (Å²) in [6, 6.07) is 7.91. The highest BCUT2D eigenvalue weighted by Gasteiger charge is 2.27. The van der Waals surface area contributed by atoms with E-state index < -0.39 is 6.17 Å². The molecule has 0 amide bonds. The van der Waals surface area contributed by atoms with Crippen LogP contribution in [-0.4, -0.2) is 13.3 Å². The molecule has 0 radical (unpaired) electrons. The number of rotatable bonds is 3. The lowest BCUT2D eigenvalue weighted by Gasteiger charge is -2.14. The summed E-state index contributed by atoms with van der Waals surface area (Å²) < 4.78 is 18.7. The maximum Gasteiger partial charge on any atom is 0.122 e. The summed E-state index contributed by atoms with van der Waals surface area (Å²) in [5.74, 6) is 1.08. The Morgan fingerprint density at radius 1 is 1.33 bits per heavy atom. The lowest BCUT2D eigenvalue weighted by atomic mass is 9.96. The summed E-state index contributed by atoms with van der Waals surface area (Å²) in [7, 11) is 1.67. The van der Waals surface area contributed by atoms with Crippen LogP contribution in [0.25, 0.3) is 0 Å². The molecule has 0 spiro atoms. The minimum Gasteiger partial charge on any atom is -0.496 e. The fourth-order valence-electron chi connectivity index (χ4n) is 2.38. The number of hydrogen-bond donors (Lipinski definition) is 0. The van der Waals surface area contributed by atoms with E-state index in [0.717, 1.165) is 37.0 Å². The molecule has 0 bridgehead atoms. The van der Waals surface area contributed by atoms with Crippen molar-refractivity contribution >= 4 is 0 Å². The smallest absolute Gasteiger partial charge is 0.122 e. The molecule has 1 aliphatic carbocycles. The van der Waals surface area contributed by atoms with Gasteiger partial charge in [-0.3, -0.25) is 0 Å². The van der Waals surface area contributed by atoms with Crippen LogP contribution in [0.2, 0.25) is 0 Å². The van der Waals surface area contributed by atoms with E-state index in [4.69, 9.17) is 4.74 Å². The van der Waals surface area contributed by atoms with Gasteiger partial charge >= 0.3 is 0 Å². The second-order valence-corrected chi connectivity index (χ2v) is 4.22. The minimum atomic E-state index is -0.616. The molecule has 0 aromatic heterocycles. The number of para-hydroxylation sites is 1. The van der Waals surface area contributed by atoms with Gasteiger partial charge in [0.2, 0.25) is 0 Å². The van der Waals surface area contributed by atoms with Gasteiger partial charge in [-0.15, -0.1) is 0 Å². The van der Waals surface area contributed by atoms with Crippen LogP contribution in [0.4, 0.5) is 4.39 Å². The van der Waals surface area contributed by atoms with Crippen LogP contribution in [0.3, 0.4) is 0 Å². The van der Waals surface area contributed by atoms with Gasteiger partial charge in [-0.2, -0.15) is 0 Å². The maximum atomic E-state index is 13.5. The van der Waals surface area contributed by atoms with E-state index in [-0.39, 0.29) is 5.92 Å². The van der Waals surface area contributed by atoms with Gasteiger partial charge < -0.3 is 4.74 Å². The van der Waals surface area contributed by atoms with Crippen molar-refractivity contribution in [3.8, 4) is 5.75 Å². The highest BCUT2D eigenvalue weighted by atomic mass is 19.1. The van der Waals surface area contributed by atoms with Crippen LogP contribution >= 0.6 is 0 Å². The SMILES string of the molecule is COc1ccccc1C[C@@H]1CCC[C@@H]1F. The summed E-state index contributed by atoms with van der Waals surface area (Å²) in [4.78, 5) is 0. The van der Waals surface area contributed by atoms with Crippen molar-refractivity contribution in [2.45, 2.75) is 31.9 Å². The Hall–Kier alpha value is -1.05. The molecular weight excluding hydrogens is 191 g/mol. The summed E-state index contributed by atoms with van der Waals surface area (Å²) in [6.07, 6.45) is 2.97. The van der Waals surface area contributed by atoms with Gasteiger partial charge in [0.1, 0.15) is 11.9 Å². The first-order valence-electron chi connectivity index (χ1n) is 5.57. The molecule has 1 aliphatic rings. The third-order valence-corrected chi connectivity index (χ3v) is 3.24. The van der Waals surface area contributed by atoms with Crippen LogP contribution < -0.4 is 4.74 Å². The van der Waals surface area contributed by atoms with E-state index in [1.807, 2.05) is 24.3 Å². The van der Waals surface area contributed by atoms with Gasteiger partial charge in [0.05, 0.1) is 7.11 Å². The van der Waals surface area contributed by atoms with E-state index in [2.05, 4.69) is 0 Å². The largest absolute Gasteiger partial charge is 0.496 e. The predicted octanol–water partition coefficient (Wildman–Crippen LogP) is 3.38. The predicted molar refractivity (Wildman–Crippen MR) is 58.9 cm³/mol. The third-order valence-electron chi connectivity index (χ3n) is 3.24.